The molecule has 1 heterocycles. The maximum atomic E-state index is 10.2. The number of hydrogen-bond acceptors (Lipinski definition) is 3. The van der Waals surface area contributed by atoms with E-state index in [-0.39, 0.29) is 11.9 Å². The van der Waals surface area contributed by atoms with E-state index in [0.717, 1.165) is 55.1 Å². The van der Waals surface area contributed by atoms with Crippen LogP contribution in [0, 0.1) is 40.4 Å². The monoisotopic (exact) mass is 440 g/mol. The smallest absolute Gasteiger partial charge is 0.181 e. The molecule has 5 rings (SSSR count). The lowest BCUT2D eigenvalue weighted by Crippen LogP contribution is -2.56. The van der Waals surface area contributed by atoms with Crippen LogP contribution in [0.15, 0.2) is 0 Å². The molecular formula is C23H37BrO3. The molecule has 27 heavy (non-hydrogen) atoms. The second-order valence-electron chi connectivity index (χ2n) is 10.9. The highest BCUT2D eigenvalue weighted by Gasteiger charge is 2.64. The fourth-order valence-corrected chi connectivity index (χ4v) is 9.51. The Morgan fingerprint density at radius 3 is 2.33 bits per heavy atom. The number of rotatable bonds is 2. The largest absolute Gasteiger partial charge is 0.393 e. The molecule has 1 aliphatic heterocycles. The standard InChI is InChI=1S/C23H37BrO3/c1-21-9-7-16(25)13-15(21)3-4-17-18-5-6-20(22(18,2)10-8-19(17)21)23(14-24)26-11-12-27-23/h15-20,25H,3-14H2,1-2H3/t15-,16+,17-,18-,19-,20-,21-,22-/m0/s1. The predicted molar refractivity (Wildman–Crippen MR) is 110 cm³/mol. The molecule has 0 aromatic heterocycles. The molecular weight excluding hydrogens is 404 g/mol. The van der Waals surface area contributed by atoms with E-state index >= 15 is 0 Å². The van der Waals surface area contributed by atoms with Crippen molar-refractivity contribution in [3.8, 4) is 0 Å². The van der Waals surface area contributed by atoms with E-state index in [2.05, 4.69) is 29.8 Å². The highest BCUT2D eigenvalue weighted by Crippen LogP contribution is 2.69. The van der Waals surface area contributed by atoms with E-state index in [0.29, 0.717) is 16.7 Å². The zero-order chi connectivity index (χ0) is 18.9. The molecule has 0 aromatic carbocycles. The minimum atomic E-state index is -0.383. The highest BCUT2D eigenvalue weighted by molar-refractivity contribution is 9.09. The molecule has 0 spiro atoms. The summed E-state index contributed by atoms with van der Waals surface area (Å²) in [6, 6.07) is 0. The summed E-state index contributed by atoms with van der Waals surface area (Å²) in [4.78, 5) is 0. The van der Waals surface area contributed by atoms with Gasteiger partial charge in [-0.3, -0.25) is 0 Å². The van der Waals surface area contributed by atoms with Gasteiger partial charge >= 0.3 is 0 Å². The van der Waals surface area contributed by atoms with Crippen LogP contribution < -0.4 is 0 Å². The summed E-state index contributed by atoms with van der Waals surface area (Å²) in [7, 11) is 0. The van der Waals surface area contributed by atoms with Crippen LogP contribution in [-0.2, 0) is 9.47 Å². The number of hydrogen-bond donors (Lipinski definition) is 1. The van der Waals surface area contributed by atoms with Gasteiger partial charge in [0.15, 0.2) is 5.79 Å². The van der Waals surface area contributed by atoms with Gasteiger partial charge in [0.2, 0.25) is 0 Å². The summed E-state index contributed by atoms with van der Waals surface area (Å²) in [5, 5.41) is 11.0. The molecule has 3 nitrogen and oxygen atoms in total. The number of fused-ring (bicyclic) bond motifs is 5. The lowest BCUT2D eigenvalue weighted by molar-refractivity contribution is -0.214. The van der Waals surface area contributed by atoms with Crippen LogP contribution in [0.2, 0.25) is 0 Å². The van der Waals surface area contributed by atoms with Crippen molar-refractivity contribution < 1.29 is 14.6 Å². The van der Waals surface area contributed by atoms with Crippen molar-refractivity contribution in [3.05, 3.63) is 0 Å². The second-order valence-corrected chi connectivity index (χ2v) is 11.5. The molecule has 4 aliphatic carbocycles. The second kappa shape index (κ2) is 6.68. The quantitative estimate of drug-likeness (QED) is 0.603. The summed E-state index contributed by atoms with van der Waals surface area (Å²) in [6.45, 7) is 6.65. The fourth-order valence-electron chi connectivity index (χ4n) is 8.80. The maximum absolute atomic E-state index is 10.2. The molecule has 154 valence electrons. The first-order valence-corrected chi connectivity index (χ1v) is 12.6. The summed E-state index contributed by atoms with van der Waals surface area (Å²) in [5.74, 6) is 3.46. The minimum Gasteiger partial charge on any atom is -0.393 e. The summed E-state index contributed by atoms with van der Waals surface area (Å²) >= 11 is 3.74. The molecule has 5 fully saturated rings. The van der Waals surface area contributed by atoms with E-state index in [4.69, 9.17) is 9.47 Å². The average molecular weight is 441 g/mol. The molecule has 5 aliphatic rings. The number of aliphatic hydroxyl groups excluding tert-OH is 1. The Morgan fingerprint density at radius 1 is 0.889 bits per heavy atom. The molecule has 0 radical (unpaired) electrons. The van der Waals surface area contributed by atoms with Gasteiger partial charge in [-0.25, -0.2) is 0 Å². The molecule has 1 saturated heterocycles. The van der Waals surface area contributed by atoms with E-state index in [9.17, 15) is 5.11 Å². The number of halogens is 1. The Balaban J connectivity index is 1.42. The Bertz CT molecular complexity index is 576. The van der Waals surface area contributed by atoms with Crippen LogP contribution >= 0.6 is 15.9 Å². The van der Waals surface area contributed by atoms with Gasteiger partial charge in [-0.1, -0.05) is 29.8 Å². The normalized spacial score (nSPS) is 54.2. The first-order valence-electron chi connectivity index (χ1n) is 11.4. The number of alkyl halides is 1. The first kappa shape index (κ1) is 19.3. The molecule has 4 saturated carbocycles. The number of ether oxygens (including phenoxy) is 2. The zero-order valence-corrected chi connectivity index (χ0v) is 18.7. The van der Waals surface area contributed by atoms with Crippen LogP contribution in [0.4, 0.5) is 0 Å². The van der Waals surface area contributed by atoms with Gasteiger partial charge in [-0.2, -0.15) is 0 Å². The summed E-state index contributed by atoms with van der Waals surface area (Å²) in [5.41, 5.74) is 0.825. The van der Waals surface area contributed by atoms with Gasteiger partial charge in [0.05, 0.1) is 24.6 Å². The van der Waals surface area contributed by atoms with Crippen LogP contribution in [0.25, 0.3) is 0 Å². The molecule has 0 aromatic rings. The molecule has 0 amide bonds. The highest BCUT2D eigenvalue weighted by atomic mass is 79.9. The van der Waals surface area contributed by atoms with E-state index in [1.165, 1.54) is 44.9 Å². The van der Waals surface area contributed by atoms with Crippen molar-refractivity contribution >= 4 is 15.9 Å². The Kier molecular flexibility index (Phi) is 4.79. The van der Waals surface area contributed by atoms with E-state index in [1.54, 1.807) is 0 Å². The molecule has 4 heteroatoms. The predicted octanol–water partition coefficient (Wildman–Crippen LogP) is 5.14. The Hall–Kier alpha value is 0.360. The van der Waals surface area contributed by atoms with Crippen molar-refractivity contribution in [1.29, 1.82) is 0 Å². The topological polar surface area (TPSA) is 38.7 Å². The fraction of sp³-hybridized carbons (Fsp3) is 1.00. The molecule has 1 N–H and O–H groups in total. The van der Waals surface area contributed by atoms with Crippen molar-refractivity contribution in [3.63, 3.8) is 0 Å². The van der Waals surface area contributed by atoms with Crippen molar-refractivity contribution in [2.24, 2.45) is 40.4 Å². The van der Waals surface area contributed by atoms with E-state index in [1.807, 2.05) is 0 Å². The minimum absolute atomic E-state index is 0.0419. The van der Waals surface area contributed by atoms with Gasteiger partial charge in [0.25, 0.3) is 0 Å². The van der Waals surface area contributed by atoms with Crippen molar-refractivity contribution in [2.75, 3.05) is 18.5 Å². The van der Waals surface area contributed by atoms with Crippen LogP contribution in [0.5, 0.6) is 0 Å². The molecule has 0 unspecified atom stereocenters. The van der Waals surface area contributed by atoms with Crippen LogP contribution in [0.1, 0.15) is 71.6 Å². The van der Waals surface area contributed by atoms with Crippen LogP contribution in [-0.4, -0.2) is 35.5 Å². The van der Waals surface area contributed by atoms with Gasteiger partial charge in [-0.15, -0.1) is 0 Å². The third-order valence-corrected chi connectivity index (χ3v) is 10.9. The van der Waals surface area contributed by atoms with Gasteiger partial charge < -0.3 is 14.6 Å². The van der Waals surface area contributed by atoms with Crippen molar-refractivity contribution in [1.82, 2.24) is 0 Å². The third-order valence-electron chi connectivity index (χ3n) is 10.1. The average Bonchev–Trinajstić information content (AvgIpc) is 3.27. The Labute approximate surface area is 173 Å². The lowest BCUT2D eigenvalue weighted by atomic mass is 9.44. The summed E-state index contributed by atoms with van der Waals surface area (Å²) < 4.78 is 12.5. The van der Waals surface area contributed by atoms with Gasteiger partial charge in [0.1, 0.15) is 0 Å². The molecule has 8 atom stereocenters. The van der Waals surface area contributed by atoms with Crippen molar-refractivity contribution in [2.45, 2.75) is 83.5 Å². The maximum Gasteiger partial charge on any atom is 0.181 e. The lowest BCUT2D eigenvalue weighted by Gasteiger charge is -2.61. The third kappa shape index (κ3) is 2.68. The first-order chi connectivity index (χ1) is 12.9. The summed E-state index contributed by atoms with van der Waals surface area (Å²) in [6.07, 6.45) is 11.3. The SMILES string of the molecule is C[C@]12CC[C@@H](O)C[C@@H]1CC[C@@H]1[C@@H]2CC[C@]2(C)[C@@H](C3(CBr)OCCO3)CC[C@@H]12. The Morgan fingerprint density at radius 2 is 1.59 bits per heavy atom. The number of aliphatic hydroxyl groups is 1. The molecule has 0 bridgehead atoms. The zero-order valence-electron chi connectivity index (χ0n) is 17.1. The van der Waals surface area contributed by atoms with Gasteiger partial charge in [0, 0.05) is 5.92 Å². The van der Waals surface area contributed by atoms with Crippen LogP contribution in [0.3, 0.4) is 0 Å². The van der Waals surface area contributed by atoms with Gasteiger partial charge in [-0.05, 0) is 92.3 Å². The van der Waals surface area contributed by atoms with E-state index < -0.39 is 0 Å².